The van der Waals surface area contributed by atoms with Gasteiger partial charge in [-0.05, 0) is 13.3 Å². The molecule has 0 rings (SSSR count). The molecule has 4 heteroatoms. The Kier molecular flexibility index (Phi) is 8.43. The zero-order valence-corrected chi connectivity index (χ0v) is 9.32. The lowest BCUT2D eigenvalue weighted by Gasteiger charge is -2.00. The second-order valence-electron chi connectivity index (χ2n) is 2.96. The first kappa shape index (κ1) is 13.7. The number of ether oxygens (including phenoxy) is 2. The van der Waals surface area contributed by atoms with Gasteiger partial charge in [0.2, 0.25) is 0 Å². The molecule has 0 spiro atoms. The van der Waals surface area contributed by atoms with Gasteiger partial charge >= 0.3 is 11.9 Å². The minimum Gasteiger partial charge on any atom is -0.463 e. The molecule has 0 aliphatic heterocycles. The highest BCUT2D eigenvalue weighted by molar-refractivity contribution is 5.91. The number of hydrogen-bond acceptors (Lipinski definition) is 4. The quantitative estimate of drug-likeness (QED) is 0.368. The van der Waals surface area contributed by atoms with Crippen LogP contribution in [0.3, 0.4) is 0 Å². The molecular formula is C11H18O4. The number of rotatable bonds is 7. The van der Waals surface area contributed by atoms with Crippen LogP contribution in [0.1, 0.15) is 33.1 Å². The smallest absolute Gasteiger partial charge is 0.331 e. The molecule has 0 saturated carbocycles. The average molecular weight is 214 g/mol. The summed E-state index contributed by atoms with van der Waals surface area (Å²) in [5.41, 5.74) is 0. The van der Waals surface area contributed by atoms with Gasteiger partial charge in [0, 0.05) is 12.2 Å². The van der Waals surface area contributed by atoms with Crippen molar-refractivity contribution in [1.82, 2.24) is 0 Å². The number of carbonyl (C=O) groups is 2. The standard InChI is InChI=1S/C11H18O4/c1-3-5-6-9-15-11(13)8-7-10(12)14-4-2/h7-8H,3-6,9H2,1-2H3/b8-7+. The average Bonchev–Trinajstić information content (AvgIpc) is 2.22. The molecule has 0 aromatic heterocycles. The van der Waals surface area contributed by atoms with Crippen molar-refractivity contribution >= 4 is 11.9 Å². The highest BCUT2D eigenvalue weighted by Crippen LogP contribution is 1.95. The Balaban J connectivity index is 3.59. The van der Waals surface area contributed by atoms with E-state index in [0.29, 0.717) is 13.2 Å². The van der Waals surface area contributed by atoms with Gasteiger partial charge in [-0.15, -0.1) is 0 Å². The first-order chi connectivity index (χ1) is 7.20. The van der Waals surface area contributed by atoms with Crippen LogP contribution < -0.4 is 0 Å². The Labute approximate surface area is 90.2 Å². The van der Waals surface area contributed by atoms with E-state index in [-0.39, 0.29) is 0 Å². The molecule has 0 saturated heterocycles. The fourth-order valence-corrected chi connectivity index (χ4v) is 0.899. The van der Waals surface area contributed by atoms with Gasteiger partial charge < -0.3 is 9.47 Å². The Morgan fingerprint density at radius 1 is 1.00 bits per heavy atom. The lowest BCUT2D eigenvalue weighted by molar-refractivity contribution is -0.140. The summed E-state index contributed by atoms with van der Waals surface area (Å²) in [6, 6.07) is 0. The number of unbranched alkanes of at least 4 members (excludes halogenated alkanes) is 2. The molecule has 0 fully saturated rings. The zero-order valence-electron chi connectivity index (χ0n) is 9.32. The van der Waals surface area contributed by atoms with Crippen molar-refractivity contribution in [3.8, 4) is 0 Å². The molecular weight excluding hydrogens is 196 g/mol. The Hall–Kier alpha value is -1.32. The number of esters is 2. The van der Waals surface area contributed by atoms with Gasteiger partial charge in [0.05, 0.1) is 13.2 Å². The van der Waals surface area contributed by atoms with Crippen molar-refractivity contribution in [3.63, 3.8) is 0 Å². The van der Waals surface area contributed by atoms with Gasteiger partial charge in [0.25, 0.3) is 0 Å². The van der Waals surface area contributed by atoms with E-state index in [1.165, 1.54) is 0 Å². The molecule has 0 aromatic carbocycles. The van der Waals surface area contributed by atoms with E-state index in [0.717, 1.165) is 31.4 Å². The Morgan fingerprint density at radius 2 is 1.60 bits per heavy atom. The van der Waals surface area contributed by atoms with Gasteiger partial charge in [0.1, 0.15) is 0 Å². The zero-order chi connectivity index (χ0) is 11.5. The fraction of sp³-hybridized carbons (Fsp3) is 0.636. The van der Waals surface area contributed by atoms with Crippen molar-refractivity contribution in [3.05, 3.63) is 12.2 Å². The fourth-order valence-electron chi connectivity index (χ4n) is 0.899. The highest BCUT2D eigenvalue weighted by Gasteiger charge is 1.99. The van der Waals surface area contributed by atoms with Crippen LogP contribution in [-0.2, 0) is 19.1 Å². The molecule has 0 amide bonds. The minimum atomic E-state index is -0.525. The normalized spacial score (nSPS) is 10.3. The van der Waals surface area contributed by atoms with Gasteiger partial charge in [-0.25, -0.2) is 9.59 Å². The summed E-state index contributed by atoms with van der Waals surface area (Å²) < 4.78 is 9.44. The largest absolute Gasteiger partial charge is 0.463 e. The van der Waals surface area contributed by atoms with Crippen LogP contribution >= 0.6 is 0 Å². The molecule has 0 unspecified atom stereocenters. The summed E-state index contributed by atoms with van der Waals surface area (Å²) in [6.45, 7) is 4.48. The molecule has 0 atom stereocenters. The SMILES string of the molecule is CCCCCOC(=O)/C=C/C(=O)OCC. The molecule has 15 heavy (non-hydrogen) atoms. The van der Waals surface area contributed by atoms with Crippen LogP contribution in [0.4, 0.5) is 0 Å². The highest BCUT2D eigenvalue weighted by atomic mass is 16.5. The van der Waals surface area contributed by atoms with Crippen molar-refractivity contribution in [1.29, 1.82) is 0 Å². The first-order valence-corrected chi connectivity index (χ1v) is 5.22. The molecule has 4 nitrogen and oxygen atoms in total. The van der Waals surface area contributed by atoms with Gasteiger partial charge in [0.15, 0.2) is 0 Å². The minimum absolute atomic E-state index is 0.300. The third kappa shape index (κ3) is 9.00. The van der Waals surface area contributed by atoms with E-state index in [1.807, 2.05) is 0 Å². The van der Waals surface area contributed by atoms with Crippen LogP contribution in [0, 0.1) is 0 Å². The predicted molar refractivity (Wildman–Crippen MR) is 56.3 cm³/mol. The lowest BCUT2D eigenvalue weighted by Crippen LogP contribution is -2.05. The molecule has 86 valence electrons. The summed E-state index contributed by atoms with van der Waals surface area (Å²) >= 11 is 0. The Morgan fingerprint density at radius 3 is 2.13 bits per heavy atom. The van der Waals surface area contributed by atoms with E-state index in [9.17, 15) is 9.59 Å². The van der Waals surface area contributed by atoms with Crippen LogP contribution in [0.25, 0.3) is 0 Å². The van der Waals surface area contributed by atoms with E-state index >= 15 is 0 Å². The van der Waals surface area contributed by atoms with E-state index in [2.05, 4.69) is 11.7 Å². The van der Waals surface area contributed by atoms with E-state index in [1.54, 1.807) is 6.92 Å². The van der Waals surface area contributed by atoms with Crippen molar-refractivity contribution in [2.45, 2.75) is 33.1 Å². The third-order valence-corrected chi connectivity index (χ3v) is 1.63. The van der Waals surface area contributed by atoms with E-state index < -0.39 is 11.9 Å². The lowest BCUT2D eigenvalue weighted by atomic mass is 10.3. The summed E-state index contributed by atoms with van der Waals surface area (Å²) in [5, 5.41) is 0. The van der Waals surface area contributed by atoms with Gasteiger partial charge in [-0.2, -0.15) is 0 Å². The Bertz CT molecular complexity index is 221. The summed E-state index contributed by atoms with van der Waals surface area (Å²) in [4.78, 5) is 21.8. The van der Waals surface area contributed by atoms with Crippen LogP contribution in [0.15, 0.2) is 12.2 Å². The molecule has 0 bridgehead atoms. The molecule has 0 N–H and O–H groups in total. The number of hydrogen-bond donors (Lipinski definition) is 0. The van der Waals surface area contributed by atoms with Gasteiger partial charge in [-0.3, -0.25) is 0 Å². The molecule has 0 aromatic rings. The topological polar surface area (TPSA) is 52.6 Å². The molecule has 0 aliphatic carbocycles. The summed E-state index contributed by atoms with van der Waals surface area (Å²) in [7, 11) is 0. The molecule has 0 aliphatic rings. The second kappa shape index (κ2) is 9.24. The monoisotopic (exact) mass is 214 g/mol. The van der Waals surface area contributed by atoms with Crippen molar-refractivity contribution < 1.29 is 19.1 Å². The number of carbonyl (C=O) groups excluding carboxylic acids is 2. The first-order valence-electron chi connectivity index (χ1n) is 5.22. The second-order valence-corrected chi connectivity index (χ2v) is 2.96. The maximum atomic E-state index is 11.0. The maximum Gasteiger partial charge on any atom is 0.331 e. The van der Waals surface area contributed by atoms with Crippen molar-refractivity contribution in [2.75, 3.05) is 13.2 Å². The van der Waals surface area contributed by atoms with Crippen molar-refractivity contribution in [2.24, 2.45) is 0 Å². The summed E-state index contributed by atoms with van der Waals surface area (Å²) in [5.74, 6) is -1.03. The third-order valence-electron chi connectivity index (χ3n) is 1.63. The predicted octanol–water partition coefficient (Wildman–Crippen LogP) is 1.84. The van der Waals surface area contributed by atoms with Crippen LogP contribution in [0.2, 0.25) is 0 Å². The molecule has 0 radical (unpaired) electrons. The summed E-state index contributed by atoms with van der Waals surface area (Å²) in [6.07, 6.45) is 5.14. The van der Waals surface area contributed by atoms with Crippen LogP contribution in [-0.4, -0.2) is 25.2 Å². The van der Waals surface area contributed by atoms with Crippen LogP contribution in [0.5, 0.6) is 0 Å². The van der Waals surface area contributed by atoms with Gasteiger partial charge in [-0.1, -0.05) is 19.8 Å². The van der Waals surface area contributed by atoms with E-state index in [4.69, 9.17) is 4.74 Å². The molecule has 0 heterocycles. The maximum absolute atomic E-state index is 11.0.